The highest BCUT2D eigenvalue weighted by atomic mass is 16.4. The first-order valence-corrected chi connectivity index (χ1v) is 6.04. The smallest absolute Gasteiger partial charge is 0.308 e. The largest absolute Gasteiger partial charge is 0.481 e. The topological polar surface area (TPSA) is 66.4 Å². The molecule has 0 heterocycles. The minimum absolute atomic E-state index is 0.0932. The quantitative estimate of drug-likeness (QED) is 0.476. The number of unbranched alkanes of at least 4 members (excludes halogenated alkanes) is 2. The summed E-state index contributed by atoms with van der Waals surface area (Å²) in [5, 5.41) is 11.5. The lowest BCUT2D eigenvalue weighted by Gasteiger charge is -2.12. The van der Waals surface area contributed by atoms with Crippen molar-refractivity contribution in [3.8, 4) is 12.3 Å². The van der Waals surface area contributed by atoms with Gasteiger partial charge in [-0.1, -0.05) is 13.3 Å². The highest BCUT2D eigenvalue weighted by Crippen LogP contribution is 2.05. The number of carboxylic acid groups (broad SMARTS) is 1. The average molecular weight is 239 g/mol. The predicted molar refractivity (Wildman–Crippen MR) is 66.3 cm³/mol. The highest BCUT2D eigenvalue weighted by Gasteiger charge is 2.16. The molecule has 1 amide bonds. The lowest BCUT2D eigenvalue weighted by molar-refractivity contribution is -0.141. The summed E-state index contributed by atoms with van der Waals surface area (Å²) in [6.07, 6.45) is 9.17. The summed E-state index contributed by atoms with van der Waals surface area (Å²) in [6.45, 7) is 2.15. The second-order valence-corrected chi connectivity index (χ2v) is 4.04. The number of carboxylic acids is 1. The van der Waals surface area contributed by atoms with Gasteiger partial charge in [-0.3, -0.25) is 9.59 Å². The first kappa shape index (κ1) is 15.5. The molecule has 2 N–H and O–H groups in total. The van der Waals surface area contributed by atoms with Gasteiger partial charge in [-0.05, 0) is 19.3 Å². The maximum atomic E-state index is 11.4. The standard InChI is InChI=1S/C13H21NO3/c1-3-5-6-7-9-12(15)14-10-11(8-4-2)13(16)17/h1,11H,4-10H2,2H3,(H,14,15)(H,16,17). The van der Waals surface area contributed by atoms with E-state index in [1.54, 1.807) is 0 Å². The van der Waals surface area contributed by atoms with Crippen LogP contribution in [0.4, 0.5) is 0 Å². The zero-order chi connectivity index (χ0) is 13.1. The molecule has 0 saturated carbocycles. The Kier molecular flexibility index (Phi) is 8.85. The third-order valence-electron chi connectivity index (χ3n) is 2.51. The van der Waals surface area contributed by atoms with E-state index in [9.17, 15) is 9.59 Å². The molecule has 0 bridgehead atoms. The molecule has 0 aliphatic carbocycles. The summed E-state index contributed by atoms with van der Waals surface area (Å²) < 4.78 is 0. The summed E-state index contributed by atoms with van der Waals surface area (Å²) in [4.78, 5) is 22.2. The molecule has 0 saturated heterocycles. The van der Waals surface area contributed by atoms with E-state index >= 15 is 0 Å². The van der Waals surface area contributed by atoms with Crippen LogP contribution < -0.4 is 5.32 Å². The Bertz CT molecular complexity index is 281. The normalized spacial score (nSPS) is 11.5. The van der Waals surface area contributed by atoms with Crippen LogP contribution in [-0.2, 0) is 9.59 Å². The van der Waals surface area contributed by atoms with E-state index < -0.39 is 11.9 Å². The molecule has 0 fully saturated rings. The van der Waals surface area contributed by atoms with Crippen LogP contribution in [0.15, 0.2) is 0 Å². The van der Waals surface area contributed by atoms with Gasteiger partial charge in [-0.15, -0.1) is 12.3 Å². The predicted octanol–water partition coefficient (Wildman–Crippen LogP) is 1.80. The highest BCUT2D eigenvalue weighted by molar-refractivity contribution is 5.77. The van der Waals surface area contributed by atoms with Crippen LogP contribution in [0.5, 0.6) is 0 Å². The molecule has 0 radical (unpaired) electrons. The van der Waals surface area contributed by atoms with Crippen LogP contribution >= 0.6 is 0 Å². The summed E-state index contributed by atoms with van der Waals surface area (Å²) in [5.41, 5.74) is 0. The Morgan fingerprint density at radius 3 is 2.65 bits per heavy atom. The maximum absolute atomic E-state index is 11.4. The van der Waals surface area contributed by atoms with Gasteiger partial charge in [0, 0.05) is 19.4 Å². The molecule has 0 aromatic heterocycles. The number of aliphatic carboxylic acids is 1. The second kappa shape index (κ2) is 9.71. The SMILES string of the molecule is C#CCCCCC(=O)NCC(CCC)C(=O)O. The van der Waals surface area contributed by atoms with Gasteiger partial charge in [0.15, 0.2) is 0 Å². The van der Waals surface area contributed by atoms with E-state index in [2.05, 4.69) is 11.2 Å². The number of nitrogens with one attached hydrogen (secondary N) is 1. The molecule has 1 unspecified atom stereocenters. The first-order chi connectivity index (χ1) is 8.11. The Morgan fingerprint density at radius 2 is 2.12 bits per heavy atom. The zero-order valence-electron chi connectivity index (χ0n) is 10.4. The Labute approximate surface area is 103 Å². The first-order valence-electron chi connectivity index (χ1n) is 6.04. The molecule has 4 heteroatoms. The monoisotopic (exact) mass is 239 g/mol. The van der Waals surface area contributed by atoms with E-state index in [4.69, 9.17) is 11.5 Å². The van der Waals surface area contributed by atoms with Gasteiger partial charge in [0.25, 0.3) is 0 Å². The van der Waals surface area contributed by atoms with Crippen LogP contribution in [0.25, 0.3) is 0 Å². The molecule has 96 valence electrons. The van der Waals surface area contributed by atoms with Crippen LogP contribution in [0, 0.1) is 18.3 Å². The van der Waals surface area contributed by atoms with Crippen molar-refractivity contribution in [3.05, 3.63) is 0 Å². The van der Waals surface area contributed by atoms with E-state index in [1.165, 1.54) is 0 Å². The van der Waals surface area contributed by atoms with E-state index in [0.717, 1.165) is 19.3 Å². The maximum Gasteiger partial charge on any atom is 0.308 e. The average Bonchev–Trinajstić information content (AvgIpc) is 2.29. The van der Waals surface area contributed by atoms with Crippen LogP contribution in [0.2, 0.25) is 0 Å². The molecule has 4 nitrogen and oxygen atoms in total. The Hall–Kier alpha value is -1.50. The van der Waals surface area contributed by atoms with Crippen molar-refractivity contribution in [3.63, 3.8) is 0 Å². The number of amides is 1. The molecule has 0 aliphatic rings. The third kappa shape index (κ3) is 8.32. The van der Waals surface area contributed by atoms with Gasteiger partial charge in [-0.2, -0.15) is 0 Å². The number of terminal acetylenes is 1. The Morgan fingerprint density at radius 1 is 1.41 bits per heavy atom. The van der Waals surface area contributed by atoms with E-state index in [1.807, 2.05) is 6.92 Å². The molecule has 0 rings (SSSR count). The molecule has 0 spiro atoms. The fourth-order valence-electron chi connectivity index (χ4n) is 1.50. The van der Waals surface area contributed by atoms with Gasteiger partial charge in [0.1, 0.15) is 0 Å². The van der Waals surface area contributed by atoms with Crippen molar-refractivity contribution in [2.75, 3.05) is 6.54 Å². The van der Waals surface area contributed by atoms with E-state index in [0.29, 0.717) is 19.3 Å². The summed E-state index contributed by atoms with van der Waals surface area (Å²) >= 11 is 0. The van der Waals surface area contributed by atoms with Gasteiger partial charge in [0.2, 0.25) is 5.91 Å². The molecule has 0 aromatic rings. The molecule has 17 heavy (non-hydrogen) atoms. The fraction of sp³-hybridized carbons (Fsp3) is 0.692. The number of rotatable bonds is 9. The summed E-state index contributed by atoms with van der Waals surface area (Å²) in [7, 11) is 0. The number of carbonyl (C=O) groups excluding carboxylic acids is 1. The van der Waals surface area contributed by atoms with Crippen LogP contribution in [0.3, 0.4) is 0 Å². The summed E-state index contributed by atoms with van der Waals surface area (Å²) in [5.74, 6) is 1.10. The molecule has 0 aliphatic heterocycles. The van der Waals surface area contributed by atoms with Gasteiger partial charge < -0.3 is 10.4 Å². The lowest BCUT2D eigenvalue weighted by Crippen LogP contribution is -2.32. The van der Waals surface area contributed by atoms with Crippen molar-refractivity contribution < 1.29 is 14.7 Å². The van der Waals surface area contributed by atoms with Crippen LogP contribution in [-0.4, -0.2) is 23.5 Å². The van der Waals surface area contributed by atoms with Crippen molar-refractivity contribution in [2.24, 2.45) is 5.92 Å². The van der Waals surface area contributed by atoms with Crippen molar-refractivity contribution in [2.45, 2.75) is 45.4 Å². The Balaban J connectivity index is 3.73. The second-order valence-electron chi connectivity index (χ2n) is 4.04. The van der Waals surface area contributed by atoms with Crippen molar-refractivity contribution in [1.29, 1.82) is 0 Å². The minimum atomic E-state index is -0.848. The van der Waals surface area contributed by atoms with Crippen molar-refractivity contribution >= 4 is 11.9 Å². The zero-order valence-corrected chi connectivity index (χ0v) is 10.4. The van der Waals surface area contributed by atoms with Gasteiger partial charge in [-0.25, -0.2) is 0 Å². The lowest BCUT2D eigenvalue weighted by atomic mass is 10.0. The molecular weight excluding hydrogens is 218 g/mol. The fourth-order valence-corrected chi connectivity index (χ4v) is 1.50. The van der Waals surface area contributed by atoms with E-state index in [-0.39, 0.29) is 12.5 Å². The van der Waals surface area contributed by atoms with Gasteiger partial charge >= 0.3 is 5.97 Å². The minimum Gasteiger partial charge on any atom is -0.481 e. The molecule has 1 atom stereocenters. The summed E-state index contributed by atoms with van der Waals surface area (Å²) in [6, 6.07) is 0. The number of carbonyl (C=O) groups is 2. The van der Waals surface area contributed by atoms with Crippen LogP contribution in [0.1, 0.15) is 45.4 Å². The third-order valence-corrected chi connectivity index (χ3v) is 2.51. The number of hydrogen-bond donors (Lipinski definition) is 2. The van der Waals surface area contributed by atoms with Gasteiger partial charge in [0.05, 0.1) is 5.92 Å². The van der Waals surface area contributed by atoms with Crippen molar-refractivity contribution in [1.82, 2.24) is 5.32 Å². The molecular formula is C13H21NO3. The molecule has 0 aromatic carbocycles. The number of hydrogen-bond acceptors (Lipinski definition) is 2.